The van der Waals surface area contributed by atoms with Crippen LogP contribution in [-0.2, 0) is 12.6 Å². The molecule has 1 aromatic heterocycles. The van der Waals surface area contributed by atoms with E-state index < -0.39 is 36.5 Å². The summed E-state index contributed by atoms with van der Waals surface area (Å²) in [5.74, 6) is -2.31. The predicted molar refractivity (Wildman–Crippen MR) is 46.5 cm³/mol. The maximum absolute atomic E-state index is 12.5. The Morgan fingerprint density at radius 3 is 2.22 bits per heavy atom. The predicted octanol–water partition coefficient (Wildman–Crippen LogP) is 2.17. The molecule has 0 spiro atoms. The molecule has 10 heteroatoms. The Morgan fingerprint density at radius 1 is 1.22 bits per heavy atom. The number of nitrogens with one attached hydrogen (secondary N) is 1. The van der Waals surface area contributed by atoms with Crippen LogP contribution in [0.25, 0.3) is 0 Å². The van der Waals surface area contributed by atoms with Crippen LogP contribution in [0, 0.1) is 0 Å². The van der Waals surface area contributed by atoms with E-state index >= 15 is 0 Å². The number of nitrogens with zero attached hydrogens (tertiary/aromatic N) is 2. The van der Waals surface area contributed by atoms with Gasteiger partial charge in [-0.25, -0.2) is 0 Å². The Balaban J connectivity index is 2.79. The number of likely N-dealkylation sites (N-methyl/N-ethyl adjacent to an activating group) is 1. The van der Waals surface area contributed by atoms with Crippen LogP contribution in [0.5, 0.6) is 0 Å². The van der Waals surface area contributed by atoms with Gasteiger partial charge in [0.05, 0.1) is 6.42 Å². The normalized spacial score (nSPS) is 14.8. The first-order valence-corrected chi connectivity index (χ1v) is 4.84. The van der Waals surface area contributed by atoms with Crippen LogP contribution in [-0.4, -0.2) is 28.9 Å². The lowest BCUT2D eigenvalue weighted by Crippen LogP contribution is -2.43. The Morgan fingerprint density at radius 2 is 1.83 bits per heavy atom. The second-order valence-electron chi connectivity index (χ2n) is 3.37. The standard InChI is InChI=1S/C8H9F6N3O/c1-2-15-4(7(9,10)11)3-5-16-6(17-18-5)8(12,13)14/h4,15H,2-3H2,1H3/t4-/m0/s1. The number of hydrogen-bond acceptors (Lipinski definition) is 4. The molecule has 1 atom stereocenters. The summed E-state index contributed by atoms with van der Waals surface area (Å²) < 4.78 is 77.8. The number of alkyl halides is 6. The monoisotopic (exact) mass is 277 g/mol. The first-order chi connectivity index (χ1) is 8.14. The van der Waals surface area contributed by atoms with E-state index in [9.17, 15) is 26.3 Å². The molecule has 1 aromatic rings. The summed E-state index contributed by atoms with van der Waals surface area (Å²) in [6, 6.07) is -2.02. The largest absolute Gasteiger partial charge is 0.455 e. The van der Waals surface area contributed by atoms with Gasteiger partial charge in [-0.05, 0) is 6.54 Å². The minimum Gasteiger partial charge on any atom is -0.339 e. The van der Waals surface area contributed by atoms with Gasteiger partial charge in [-0.15, -0.1) is 0 Å². The summed E-state index contributed by atoms with van der Waals surface area (Å²) in [6.07, 6.45) is -10.3. The lowest BCUT2D eigenvalue weighted by Gasteiger charge is -2.18. The van der Waals surface area contributed by atoms with Crippen molar-refractivity contribution < 1.29 is 30.9 Å². The van der Waals surface area contributed by atoms with E-state index in [2.05, 4.69) is 20.0 Å². The fourth-order valence-corrected chi connectivity index (χ4v) is 1.18. The molecule has 104 valence electrons. The highest BCUT2D eigenvalue weighted by atomic mass is 19.4. The fraction of sp³-hybridized carbons (Fsp3) is 0.750. The maximum Gasteiger partial charge on any atom is 0.455 e. The van der Waals surface area contributed by atoms with E-state index in [1.165, 1.54) is 6.92 Å². The van der Waals surface area contributed by atoms with Crippen molar-refractivity contribution in [2.24, 2.45) is 0 Å². The third kappa shape index (κ3) is 3.86. The first-order valence-electron chi connectivity index (χ1n) is 4.84. The second kappa shape index (κ2) is 5.12. The highest BCUT2D eigenvalue weighted by Crippen LogP contribution is 2.27. The summed E-state index contributed by atoms with van der Waals surface area (Å²) in [4.78, 5) is 2.87. The molecule has 0 saturated carbocycles. The number of aromatic nitrogens is 2. The van der Waals surface area contributed by atoms with Gasteiger partial charge in [-0.3, -0.25) is 0 Å². The molecule has 0 bridgehead atoms. The summed E-state index contributed by atoms with van der Waals surface area (Å²) in [5.41, 5.74) is 0. The van der Waals surface area contributed by atoms with Crippen molar-refractivity contribution in [1.29, 1.82) is 0 Å². The average molecular weight is 277 g/mol. The van der Waals surface area contributed by atoms with Gasteiger partial charge in [-0.2, -0.15) is 31.3 Å². The van der Waals surface area contributed by atoms with Gasteiger partial charge in [0.15, 0.2) is 0 Å². The SMILES string of the molecule is CCN[C@@H](Cc1nc(C(F)(F)F)no1)C(F)(F)F. The molecule has 1 heterocycles. The van der Waals surface area contributed by atoms with Crippen molar-refractivity contribution in [1.82, 2.24) is 15.5 Å². The van der Waals surface area contributed by atoms with Crippen molar-refractivity contribution in [3.63, 3.8) is 0 Å². The smallest absolute Gasteiger partial charge is 0.339 e. The first kappa shape index (κ1) is 14.7. The quantitative estimate of drug-likeness (QED) is 0.857. The molecule has 1 N–H and O–H groups in total. The Kier molecular flexibility index (Phi) is 4.20. The molecule has 0 amide bonds. The molecule has 0 saturated heterocycles. The Hall–Kier alpha value is -1.32. The van der Waals surface area contributed by atoms with E-state index in [1.807, 2.05) is 0 Å². The third-order valence-electron chi connectivity index (χ3n) is 1.95. The van der Waals surface area contributed by atoms with E-state index in [4.69, 9.17) is 0 Å². The van der Waals surface area contributed by atoms with Crippen molar-refractivity contribution in [3.8, 4) is 0 Å². The summed E-state index contributed by atoms with van der Waals surface area (Å²) >= 11 is 0. The number of halogens is 6. The highest BCUT2D eigenvalue weighted by molar-refractivity contribution is 4.94. The number of rotatable bonds is 4. The van der Waals surface area contributed by atoms with Gasteiger partial charge in [-0.1, -0.05) is 12.1 Å². The van der Waals surface area contributed by atoms with Gasteiger partial charge in [0.2, 0.25) is 5.89 Å². The van der Waals surface area contributed by atoms with Crippen LogP contribution >= 0.6 is 0 Å². The average Bonchev–Trinajstić information content (AvgIpc) is 2.63. The van der Waals surface area contributed by atoms with E-state index in [1.54, 1.807) is 0 Å². The third-order valence-corrected chi connectivity index (χ3v) is 1.95. The van der Waals surface area contributed by atoms with Crippen LogP contribution in [0.4, 0.5) is 26.3 Å². The van der Waals surface area contributed by atoms with E-state index in [0.717, 1.165) is 0 Å². The molecule has 0 radical (unpaired) electrons. The molecule has 0 fully saturated rings. The highest BCUT2D eigenvalue weighted by Gasteiger charge is 2.42. The van der Waals surface area contributed by atoms with Gasteiger partial charge in [0, 0.05) is 0 Å². The van der Waals surface area contributed by atoms with Crippen LogP contribution in [0.1, 0.15) is 18.6 Å². The van der Waals surface area contributed by atoms with Crippen LogP contribution < -0.4 is 5.32 Å². The summed E-state index contributed by atoms with van der Waals surface area (Å²) in [5, 5.41) is 4.66. The zero-order chi connectivity index (χ0) is 14.0. The van der Waals surface area contributed by atoms with Crippen molar-refractivity contribution in [2.75, 3.05) is 6.54 Å². The molecule has 1 rings (SSSR count). The van der Waals surface area contributed by atoms with Gasteiger partial charge >= 0.3 is 12.4 Å². The Labute approximate surface area is 97.3 Å². The minimum absolute atomic E-state index is 0.00441. The van der Waals surface area contributed by atoms with E-state index in [0.29, 0.717) is 0 Å². The molecular formula is C8H9F6N3O. The molecule has 0 aliphatic heterocycles. The van der Waals surface area contributed by atoms with Crippen LogP contribution in [0.15, 0.2) is 4.52 Å². The maximum atomic E-state index is 12.5. The summed E-state index contributed by atoms with van der Waals surface area (Å²) in [7, 11) is 0. The van der Waals surface area contributed by atoms with Crippen molar-refractivity contribution in [3.05, 3.63) is 11.7 Å². The van der Waals surface area contributed by atoms with Crippen LogP contribution in [0.2, 0.25) is 0 Å². The van der Waals surface area contributed by atoms with Crippen molar-refractivity contribution >= 4 is 0 Å². The zero-order valence-electron chi connectivity index (χ0n) is 9.06. The van der Waals surface area contributed by atoms with Crippen molar-refractivity contribution in [2.45, 2.75) is 31.7 Å². The second-order valence-corrected chi connectivity index (χ2v) is 3.37. The fourth-order valence-electron chi connectivity index (χ4n) is 1.18. The molecule has 18 heavy (non-hydrogen) atoms. The van der Waals surface area contributed by atoms with E-state index in [-0.39, 0.29) is 6.54 Å². The van der Waals surface area contributed by atoms with Gasteiger partial charge < -0.3 is 9.84 Å². The Bertz CT molecular complexity index is 385. The number of hydrogen-bond donors (Lipinski definition) is 1. The molecular weight excluding hydrogens is 268 g/mol. The van der Waals surface area contributed by atoms with Gasteiger partial charge in [0.1, 0.15) is 6.04 Å². The lowest BCUT2D eigenvalue weighted by atomic mass is 10.2. The molecule has 0 unspecified atom stereocenters. The minimum atomic E-state index is -4.84. The summed E-state index contributed by atoms with van der Waals surface area (Å²) in [6.45, 7) is 1.44. The molecule has 4 nitrogen and oxygen atoms in total. The van der Waals surface area contributed by atoms with Crippen LogP contribution in [0.3, 0.4) is 0 Å². The zero-order valence-corrected chi connectivity index (χ0v) is 9.06. The molecule has 0 aromatic carbocycles. The topological polar surface area (TPSA) is 51.0 Å². The lowest BCUT2D eigenvalue weighted by molar-refractivity contribution is -0.156. The molecule has 0 aliphatic carbocycles. The molecule has 0 aliphatic rings. The van der Waals surface area contributed by atoms with Gasteiger partial charge in [0.25, 0.3) is 5.82 Å².